The van der Waals surface area contributed by atoms with Crippen LogP contribution in [0.25, 0.3) is 0 Å². The minimum absolute atomic E-state index is 0.00137. The Kier molecular flexibility index (Phi) is 7.46. The molecule has 2 N–H and O–H groups in total. The Bertz CT molecular complexity index is 929. The van der Waals surface area contributed by atoms with Crippen LogP contribution in [-0.4, -0.2) is 31.5 Å². The highest BCUT2D eigenvalue weighted by molar-refractivity contribution is 9.10. The number of methoxy groups -OCH3 is 1. The van der Waals surface area contributed by atoms with E-state index in [-0.39, 0.29) is 30.8 Å². The van der Waals surface area contributed by atoms with Crippen molar-refractivity contribution in [3.8, 4) is 5.75 Å². The lowest BCUT2D eigenvalue weighted by atomic mass is 10.0. The fourth-order valence-electron chi connectivity index (χ4n) is 2.86. The molecule has 2 amide bonds. The summed E-state index contributed by atoms with van der Waals surface area (Å²) in [7, 11) is 1.31. The van der Waals surface area contributed by atoms with Crippen LogP contribution in [0.1, 0.15) is 30.9 Å². The molecule has 30 heavy (non-hydrogen) atoms. The Hall–Kier alpha value is -2.87. The summed E-state index contributed by atoms with van der Waals surface area (Å²) in [5.74, 6) is -0.239. The van der Waals surface area contributed by atoms with E-state index in [9.17, 15) is 14.4 Å². The van der Waals surface area contributed by atoms with E-state index in [0.29, 0.717) is 11.4 Å². The molecule has 3 rings (SSSR count). The van der Waals surface area contributed by atoms with Crippen molar-refractivity contribution in [1.29, 1.82) is 0 Å². The minimum atomic E-state index is -0.546. The number of esters is 1. The molecule has 0 heterocycles. The summed E-state index contributed by atoms with van der Waals surface area (Å²) in [5.41, 5.74) is 1.40. The number of hydrogen-bond donors (Lipinski definition) is 2. The van der Waals surface area contributed by atoms with Crippen LogP contribution >= 0.6 is 15.9 Å². The van der Waals surface area contributed by atoms with Gasteiger partial charge < -0.3 is 20.1 Å². The van der Waals surface area contributed by atoms with Crippen molar-refractivity contribution in [1.82, 2.24) is 5.32 Å². The second-order valence-electron chi connectivity index (χ2n) is 7.04. The lowest BCUT2D eigenvalue weighted by molar-refractivity contribution is -0.141. The van der Waals surface area contributed by atoms with E-state index in [1.54, 1.807) is 24.3 Å². The number of carbonyl (C=O) groups is 3. The van der Waals surface area contributed by atoms with E-state index in [1.807, 2.05) is 24.3 Å². The number of nitrogens with one attached hydrogen (secondary N) is 2. The van der Waals surface area contributed by atoms with Crippen molar-refractivity contribution in [2.24, 2.45) is 5.92 Å². The van der Waals surface area contributed by atoms with Crippen LogP contribution in [0, 0.1) is 5.92 Å². The first-order valence-electron chi connectivity index (χ1n) is 9.60. The van der Waals surface area contributed by atoms with E-state index in [1.165, 1.54) is 7.11 Å². The van der Waals surface area contributed by atoms with Gasteiger partial charge in [0.1, 0.15) is 5.75 Å². The highest BCUT2D eigenvalue weighted by Gasteiger charge is 2.29. The normalized spacial score (nSPS) is 13.8. The van der Waals surface area contributed by atoms with E-state index < -0.39 is 12.0 Å². The van der Waals surface area contributed by atoms with Crippen LogP contribution in [-0.2, 0) is 19.1 Å². The summed E-state index contributed by atoms with van der Waals surface area (Å²) in [6.45, 7) is -0.230. The largest absolute Gasteiger partial charge is 0.484 e. The highest BCUT2D eigenvalue weighted by Crippen LogP contribution is 2.30. The first kappa shape index (κ1) is 21.8. The fourth-order valence-corrected chi connectivity index (χ4v) is 3.28. The number of ether oxygens (including phenoxy) is 2. The summed E-state index contributed by atoms with van der Waals surface area (Å²) in [4.78, 5) is 36.1. The summed E-state index contributed by atoms with van der Waals surface area (Å²) in [6.07, 6.45) is 1.85. The molecule has 158 valence electrons. The molecule has 0 bridgehead atoms. The van der Waals surface area contributed by atoms with Gasteiger partial charge in [-0.3, -0.25) is 14.4 Å². The molecule has 2 aromatic carbocycles. The van der Waals surface area contributed by atoms with E-state index in [4.69, 9.17) is 9.47 Å². The first-order valence-corrected chi connectivity index (χ1v) is 10.4. The second-order valence-corrected chi connectivity index (χ2v) is 7.95. The number of halogens is 1. The quantitative estimate of drug-likeness (QED) is 0.541. The smallest absolute Gasteiger partial charge is 0.307 e. The Balaban J connectivity index is 1.58. The molecule has 0 aliphatic heterocycles. The standard InChI is InChI=1S/C22H23BrN2O5/c1-29-21(27)12-19(15-4-2-5-16(23)10-15)25-20(26)13-30-18-7-3-6-17(11-18)24-22(28)14-8-9-14/h2-7,10-11,14,19H,8-9,12-13H2,1H3,(H,24,28)(H,25,26). The maximum absolute atomic E-state index is 12.4. The number of rotatable bonds is 9. The Morgan fingerprint density at radius 2 is 1.90 bits per heavy atom. The van der Waals surface area contributed by atoms with Crippen molar-refractivity contribution in [2.45, 2.75) is 25.3 Å². The first-order chi connectivity index (χ1) is 14.4. The number of benzene rings is 2. The molecule has 1 atom stereocenters. The summed E-state index contributed by atoms with van der Waals surface area (Å²) in [5, 5.41) is 5.65. The summed E-state index contributed by atoms with van der Waals surface area (Å²) < 4.78 is 11.1. The van der Waals surface area contributed by atoms with Gasteiger partial charge in [0.2, 0.25) is 5.91 Å². The third kappa shape index (κ3) is 6.59. The third-order valence-electron chi connectivity index (χ3n) is 4.60. The predicted molar refractivity (Wildman–Crippen MR) is 115 cm³/mol. The zero-order valence-corrected chi connectivity index (χ0v) is 18.1. The third-order valence-corrected chi connectivity index (χ3v) is 5.10. The lowest BCUT2D eigenvalue weighted by Gasteiger charge is -2.19. The van der Waals surface area contributed by atoms with Gasteiger partial charge in [-0.15, -0.1) is 0 Å². The number of anilines is 1. The van der Waals surface area contributed by atoms with E-state index in [2.05, 4.69) is 26.6 Å². The zero-order valence-electron chi connectivity index (χ0n) is 16.5. The molecule has 0 saturated heterocycles. The summed E-state index contributed by atoms with van der Waals surface area (Å²) >= 11 is 3.39. The Morgan fingerprint density at radius 3 is 2.60 bits per heavy atom. The van der Waals surface area contributed by atoms with Gasteiger partial charge in [0, 0.05) is 22.1 Å². The predicted octanol–water partition coefficient (Wildman–Crippen LogP) is 3.60. The van der Waals surface area contributed by atoms with Crippen LogP contribution in [0.2, 0.25) is 0 Å². The average Bonchev–Trinajstić information content (AvgIpc) is 3.57. The molecule has 1 fully saturated rings. The molecule has 0 spiro atoms. The van der Waals surface area contributed by atoms with Gasteiger partial charge in [-0.25, -0.2) is 0 Å². The van der Waals surface area contributed by atoms with Crippen molar-refractivity contribution in [3.63, 3.8) is 0 Å². The van der Waals surface area contributed by atoms with Gasteiger partial charge in [-0.05, 0) is 42.7 Å². The molecular formula is C22H23BrN2O5. The van der Waals surface area contributed by atoms with Crippen molar-refractivity contribution < 1.29 is 23.9 Å². The molecule has 7 nitrogen and oxygen atoms in total. The summed E-state index contributed by atoms with van der Waals surface area (Å²) in [6, 6.07) is 13.7. The topological polar surface area (TPSA) is 93.7 Å². The molecular weight excluding hydrogens is 452 g/mol. The van der Waals surface area contributed by atoms with Crippen molar-refractivity contribution in [3.05, 3.63) is 58.6 Å². The average molecular weight is 475 g/mol. The molecule has 1 aliphatic carbocycles. The van der Waals surface area contributed by atoms with E-state index >= 15 is 0 Å². The number of amides is 2. The van der Waals surface area contributed by atoms with Crippen molar-refractivity contribution >= 4 is 39.4 Å². The number of hydrogen-bond acceptors (Lipinski definition) is 5. The molecule has 0 aromatic heterocycles. The highest BCUT2D eigenvalue weighted by atomic mass is 79.9. The van der Waals surface area contributed by atoms with Crippen LogP contribution < -0.4 is 15.4 Å². The SMILES string of the molecule is COC(=O)CC(NC(=O)COc1cccc(NC(=O)C2CC2)c1)c1cccc(Br)c1. The van der Waals surface area contributed by atoms with Gasteiger partial charge >= 0.3 is 5.97 Å². The van der Waals surface area contributed by atoms with Crippen LogP contribution in [0.15, 0.2) is 53.0 Å². The maximum Gasteiger partial charge on any atom is 0.307 e. The van der Waals surface area contributed by atoms with Gasteiger partial charge in [0.05, 0.1) is 19.6 Å². The molecule has 1 unspecified atom stereocenters. The second kappa shape index (κ2) is 10.2. The van der Waals surface area contributed by atoms with Crippen LogP contribution in [0.4, 0.5) is 5.69 Å². The molecule has 1 aliphatic rings. The Morgan fingerprint density at radius 1 is 1.13 bits per heavy atom. The zero-order chi connectivity index (χ0) is 21.5. The number of carbonyl (C=O) groups excluding carboxylic acids is 3. The molecule has 2 aromatic rings. The molecule has 1 saturated carbocycles. The maximum atomic E-state index is 12.4. The van der Waals surface area contributed by atoms with E-state index in [0.717, 1.165) is 22.9 Å². The molecule has 8 heteroatoms. The lowest BCUT2D eigenvalue weighted by Crippen LogP contribution is -2.34. The van der Waals surface area contributed by atoms with Gasteiger partial charge in [-0.1, -0.05) is 34.1 Å². The fraction of sp³-hybridized carbons (Fsp3) is 0.318. The van der Waals surface area contributed by atoms with Gasteiger partial charge in [0.25, 0.3) is 5.91 Å². The minimum Gasteiger partial charge on any atom is -0.484 e. The van der Waals surface area contributed by atoms with Gasteiger partial charge in [0.15, 0.2) is 6.61 Å². The molecule has 0 radical (unpaired) electrons. The van der Waals surface area contributed by atoms with Crippen molar-refractivity contribution in [2.75, 3.05) is 19.0 Å². The van der Waals surface area contributed by atoms with Crippen LogP contribution in [0.3, 0.4) is 0 Å². The van der Waals surface area contributed by atoms with Crippen LogP contribution in [0.5, 0.6) is 5.75 Å². The van der Waals surface area contributed by atoms with Gasteiger partial charge in [-0.2, -0.15) is 0 Å². The Labute approximate surface area is 183 Å². The monoisotopic (exact) mass is 474 g/mol.